The average molecular weight is 291 g/mol. The zero-order valence-electron chi connectivity index (χ0n) is 8.29. The van der Waals surface area contributed by atoms with Crippen molar-refractivity contribution in [1.29, 1.82) is 0 Å². The molecule has 0 spiro atoms. The molecule has 0 fully saturated rings. The lowest BCUT2D eigenvalue weighted by atomic mass is 10.4. The van der Waals surface area contributed by atoms with Gasteiger partial charge in [0.25, 0.3) is 10.0 Å². The summed E-state index contributed by atoms with van der Waals surface area (Å²) in [6, 6.07) is 5.70. The lowest BCUT2D eigenvalue weighted by molar-refractivity contribution is 0.475. The third kappa shape index (κ3) is 2.68. The van der Waals surface area contributed by atoms with E-state index in [1.807, 2.05) is 0 Å². The Balaban J connectivity index is 2.33. The number of rotatable bonds is 3. The molecule has 0 radical (unpaired) electrons. The van der Waals surface area contributed by atoms with Gasteiger partial charge in [0.2, 0.25) is 0 Å². The highest BCUT2D eigenvalue weighted by atomic mass is 35.5. The maximum Gasteiger partial charge on any atom is 0.272 e. The Morgan fingerprint density at radius 2 is 2.12 bits per heavy atom. The first kappa shape index (κ1) is 12.2. The predicted octanol–water partition coefficient (Wildman–Crippen LogP) is 2.30. The molecule has 2 rings (SSSR count). The molecule has 0 bridgehead atoms. The topological polar surface area (TPSA) is 79.3 Å². The number of nitrogens with one attached hydrogen (secondary N) is 1. The summed E-state index contributed by atoms with van der Waals surface area (Å²) < 4.78 is 26.3. The first-order valence-corrected chi connectivity index (χ1v) is 7.09. The minimum Gasteiger partial charge on any atom is -0.504 e. The summed E-state index contributed by atoms with van der Waals surface area (Å²) in [5, 5.41) is 9.41. The molecule has 17 heavy (non-hydrogen) atoms. The molecule has 0 amide bonds. The van der Waals surface area contributed by atoms with Crippen molar-refractivity contribution in [2.24, 2.45) is 0 Å². The molecule has 8 heteroatoms. The van der Waals surface area contributed by atoms with Crippen LogP contribution in [0.25, 0.3) is 0 Å². The van der Waals surface area contributed by atoms with Crippen molar-refractivity contribution in [3.8, 4) is 5.75 Å². The van der Waals surface area contributed by atoms with E-state index in [0.29, 0.717) is 4.34 Å². The number of anilines is 1. The molecule has 90 valence electrons. The van der Waals surface area contributed by atoms with Gasteiger partial charge >= 0.3 is 0 Å². The van der Waals surface area contributed by atoms with E-state index >= 15 is 0 Å². The van der Waals surface area contributed by atoms with Crippen LogP contribution in [0.4, 0.5) is 5.82 Å². The number of hydrogen-bond acceptors (Lipinski definition) is 5. The first-order valence-electron chi connectivity index (χ1n) is 4.41. The molecule has 0 aliphatic carbocycles. The Hall–Kier alpha value is -1.31. The summed E-state index contributed by atoms with van der Waals surface area (Å²) in [4.78, 5) is 3.73. The van der Waals surface area contributed by atoms with Crippen LogP contribution in [-0.2, 0) is 10.0 Å². The summed E-state index contributed by atoms with van der Waals surface area (Å²) >= 11 is 6.59. The van der Waals surface area contributed by atoms with Crippen LogP contribution in [0.2, 0.25) is 4.34 Å². The number of hydrogen-bond donors (Lipinski definition) is 2. The van der Waals surface area contributed by atoms with Crippen molar-refractivity contribution in [1.82, 2.24) is 4.98 Å². The summed E-state index contributed by atoms with van der Waals surface area (Å²) in [7, 11) is -3.75. The second-order valence-electron chi connectivity index (χ2n) is 3.04. The quantitative estimate of drug-likeness (QED) is 0.909. The molecule has 5 nitrogen and oxygen atoms in total. The molecular weight excluding hydrogens is 284 g/mol. The summed E-state index contributed by atoms with van der Waals surface area (Å²) in [5.41, 5.74) is 0. The Morgan fingerprint density at radius 1 is 1.35 bits per heavy atom. The second kappa shape index (κ2) is 4.52. The van der Waals surface area contributed by atoms with Gasteiger partial charge in [-0.15, -0.1) is 11.3 Å². The summed E-state index contributed by atoms with van der Waals surface area (Å²) in [6.07, 6.45) is 1.37. The molecule has 0 unspecified atom stereocenters. The summed E-state index contributed by atoms with van der Waals surface area (Å²) in [6.45, 7) is 0. The lowest BCUT2D eigenvalue weighted by Gasteiger charge is -2.06. The van der Waals surface area contributed by atoms with Gasteiger partial charge in [-0.25, -0.2) is 13.4 Å². The minimum atomic E-state index is -3.75. The van der Waals surface area contributed by atoms with Gasteiger partial charge in [0.1, 0.15) is 4.21 Å². The molecule has 0 saturated heterocycles. The maximum atomic E-state index is 11.9. The molecule has 0 aromatic carbocycles. The van der Waals surface area contributed by atoms with Gasteiger partial charge in [0, 0.05) is 6.20 Å². The van der Waals surface area contributed by atoms with Crippen LogP contribution < -0.4 is 4.72 Å². The minimum absolute atomic E-state index is 0.0625. The zero-order chi connectivity index (χ0) is 12.5. The SMILES string of the molecule is O=S(=O)(Nc1ncccc1O)c1ccc(Cl)s1. The number of thiophene rings is 1. The number of halogens is 1. The van der Waals surface area contributed by atoms with Crippen molar-refractivity contribution in [2.75, 3.05) is 4.72 Å². The van der Waals surface area contributed by atoms with E-state index in [0.717, 1.165) is 11.3 Å². The molecule has 0 aliphatic rings. The smallest absolute Gasteiger partial charge is 0.272 e. The Kier molecular flexibility index (Phi) is 3.23. The molecule has 0 aliphatic heterocycles. The number of nitrogens with zero attached hydrogens (tertiary/aromatic N) is 1. The van der Waals surface area contributed by atoms with Crippen LogP contribution in [0.15, 0.2) is 34.7 Å². The van der Waals surface area contributed by atoms with Crippen LogP contribution in [-0.4, -0.2) is 18.5 Å². The molecule has 2 aromatic heterocycles. The van der Waals surface area contributed by atoms with Gasteiger partial charge in [0.05, 0.1) is 4.34 Å². The van der Waals surface area contributed by atoms with E-state index in [9.17, 15) is 13.5 Å². The van der Waals surface area contributed by atoms with E-state index < -0.39 is 10.0 Å². The highest BCUT2D eigenvalue weighted by molar-refractivity contribution is 7.94. The normalized spacial score (nSPS) is 11.4. The van der Waals surface area contributed by atoms with E-state index in [1.165, 1.54) is 30.5 Å². The van der Waals surface area contributed by atoms with Crippen LogP contribution in [0.1, 0.15) is 0 Å². The highest BCUT2D eigenvalue weighted by Gasteiger charge is 2.18. The Labute approximate surface area is 107 Å². The Bertz CT molecular complexity index is 639. The van der Waals surface area contributed by atoms with E-state index in [-0.39, 0.29) is 15.8 Å². The fraction of sp³-hybridized carbons (Fsp3) is 0. The number of pyridine rings is 1. The zero-order valence-corrected chi connectivity index (χ0v) is 10.7. The van der Waals surface area contributed by atoms with Crippen molar-refractivity contribution >= 4 is 38.8 Å². The number of aromatic hydroxyl groups is 1. The highest BCUT2D eigenvalue weighted by Crippen LogP contribution is 2.28. The van der Waals surface area contributed by atoms with Crippen molar-refractivity contribution in [3.05, 3.63) is 34.8 Å². The van der Waals surface area contributed by atoms with E-state index in [1.54, 1.807) is 0 Å². The van der Waals surface area contributed by atoms with Crippen LogP contribution in [0.5, 0.6) is 5.75 Å². The fourth-order valence-electron chi connectivity index (χ4n) is 1.10. The maximum absolute atomic E-state index is 11.9. The van der Waals surface area contributed by atoms with Gasteiger partial charge in [-0.3, -0.25) is 4.72 Å². The van der Waals surface area contributed by atoms with Gasteiger partial charge in [-0.1, -0.05) is 11.6 Å². The van der Waals surface area contributed by atoms with Crippen LogP contribution in [0, 0.1) is 0 Å². The molecule has 0 atom stereocenters. The number of aromatic nitrogens is 1. The van der Waals surface area contributed by atoms with Gasteiger partial charge < -0.3 is 5.11 Å². The largest absolute Gasteiger partial charge is 0.504 e. The molecule has 2 aromatic rings. The van der Waals surface area contributed by atoms with Gasteiger partial charge in [-0.05, 0) is 24.3 Å². The fourth-order valence-corrected chi connectivity index (χ4v) is 3.60. The standard InChI is InChI=1S/C9H7ClN2O3S2/c10-7-3-4-8(16-7)17(14,15)12-9-6(13)2-1-5-11-9/h1-5,13H,(H,11,12). The molecular formula is C9H7ClN2O3S2. The van der Waals surface area contributed by atoms with Crippen LogP contribution >= 0.6 is 22.9 Å². The third-order valence-electron chi connectivity index (χ3n) is 1.83. The van der Waals surface area contributed by atoms with Gasteiger partial charge in [-0.2, -0.15) is 0 Å². The van der Waals surface area contributed by atoms with Crippen molar-refractivity contribution in [3.63, 3.8) is 0 Å². The monoisotopic (exact) mass is 290 g/mol. The van der Waals surface area contributed by atoms with E-state index in [2.05, 4.69) is 9.71 Å². The Morgan fingerprint density at radius 3 is 2.71 bits per heavy atom. The molecule has 2 N–H and O–H groups in total. The summed E-state index contributed by atoms with van der Waals surface area (Å²) in [5.74, 6) is -0.351. The van der Waals surface area contributed by atoms with Gasteiger partial charge in [0.15, 0.2) is 11.6 Å². The third-order valence-corrected chi connectivity index (χ3v) is 4.89. The molecule has 0 saturated carbocycles. The van der Waals surface area contributed by atoms with E-state index in [4.69, 9.17) is 11.6 Å². The number of sulfonamides is 1. The van der Waals surface area contributed by atoms with Crippen LogP contribution in [0.3, 0.4) is 0 Å². The second-order valence-corrected chi connectivity index (χ2v) is 6.66. The lowest BCUT2D eigenvalue weighted by Crippen LogP contribution is -2.12. The van der Waals surface area contributed by atoms with Crippen molar-refractivity contribution < 1.29 is 13.5 Å². The average Bonchev–Trinajstić information content (AvgIpc) is 2.69. The first-order chi connectivity index (χ1) is 7.99. The van der Waals surface area contributed by atoms with Crippen molar-refractivity contribution in [2.45, 2.75) is 4.21 Å². The molecule has 2 heterocycles. The predicted molar refractivity (Wildman–Crippen MR) is 66.0 cm³/mol.